The van der Waals surface area contributed by atoms with Crippen LogP contribution < -0.4 is 0 Å². The zero-order valence-corrected chi connectivity index (χ0v) is 11.3. The van der Waals surface area contributed by atoms with Crippen LogP contribution in [-0.4, -0.2) is 28.6 Å². The summed E-state index contributed by atoms with van der Waals surface area (Å²) in [6.45, 7) is 1.64. The quantitative estimate of drug-likeness (QED) is 0.933. The minimum Gasteiger partial charge on any atom is -0.480 e. The Hall–Kier alpha value is -0.390. The molecule has 1 fully saturated rings. The lowest BCUT2D eigenvalue weighted by atomic mass is 10.0. The van der Waals surface area contributed by atoms with Crippen LogP contribution in [0.25, 0.3) is 0 Å². The second-order valence-electron chi connectivity index (χ2n) is 4.08. The number of thiophene rings is 1. The van der Waals surface area contributed by atoms with Crippen LogP contribution in [0.3, 0.4) is 0 Å². The molecule has 0 spiro atoms. The first-order valence-electron chi connectivity index (χ1n) is 5.36. The zero-order chi connectivity index (χ0) is 11.5. The molecule has 0 aliphatic carbocycles. The van der Waals surface area contributed by atoms with E-state index in [4.69, 9.17) is 5.11 Å². The molecule has 1 atom stereocenters. The fraction of sp³-hybridized carbons (Fsp3) is 0.545. The van der Waals surface area contributed by atoms with Crippen LogP contribution in [0.4, 0.5) is 0 Å². The minimum absolute atomic E-state index is 0.299. The van der Waals surface area contributed by atoms with E-state index in [1.807, 2.05) is 0 Å². The second-order valence-corrected chi connectivity index (χ2v) is 6.37. The van der Waals surface area contributed by atoms with Crippen molar-refractivity contribution in [1.82, 2.24) is 4.90 Å². The number of hydrogen-bond donors (Lipinski definition) is 1. The molecule has 1 aliphatic heterocycles. The van der Waals surface area contributed by atoms with Gasteiger partial charge in [0.1, 0.15) is 6.04 Å². The Balaban J connectivity index is 2.03. The van der Waals surface area contributed by atoms with Crippen LogP contribution in [-0.2, 0) is 11.3 Å². The summed E-state index contributed by atoms with van der Waals surface area (Å²) in [4.78, 5) is 13.2. The van der Waals surface area contributed by atoms with E-state index in [9.17, 15) is 4.79 Å². The van der Waals surface area contributed by atoms with E-state index in [2.05, 4.69) is 32.3 Å². The van der Waals surface area contributed by atoms with Crippen molar-refractivity contribution < 1.29 is 9.90 Å². The number of rotatable bonds is 3. The van der Waals surface area contributed by atoms with Gasteiger partial charge in [-0.2, -0.15) is 0 Å². The number of carboxylic acid groups (broad SMARTS) is 1. The number of aliphatic carboxylic acids is 1. The van der Waals surface area contributed by atoms with Crippen molar-refractivity contribution in [3.8, 4) is 0 Å². The fourth-order valence-corrected chi connectivity index (χ4v) is 3.32. The number of hydrogen-bond acceptors (Lipinski definition) is 3. The molecule has 1 N–H and O–H groups in total. The molecule has 1 saturated heterocycles. The van der Waals surface area contributed by atoms with Crippen LogP contribution in [0.5, 0.6) is 0 Å². The van der Waals surface area contributed by atoms with E-state index in [1.54, 1.807) is 11.3 Å². The van der Waals surface area contributed by atoms with Crippen LogP contribution in [0.2, 0.25) is 0 Å². The van der Waals surface area contributed by atoms with E-state index < -0.39 is 5.97 Å². The summed E-state index contributed by atoms with van der Waals surface area (Å²) in [6, 6.07) is 1.77. The van der Waals surface area contributed by atoms with Crippen molar-refractivity contribution in [2.24, 2.45) is 0 Å². The maximum absolute atomic E-state index is 11.1. The molecule has 2 rings (SSSR count). The van der Waals surface area contributed by atoms with Gasteiger partial charge in [-0.1, -0.05) is 6.42 Å². The van der Waals surface area contributed by atoms with E-state index in [-0.39, 0.29) is 6.04 Å². The number of likely N-dealkylation sites (tertiary alicyclic amines) is 1. The van der Waals surface area contributed by atoms with Gasteiger partial charge < -0.3 is 5.11 Å². The minimum atomic E-state index is -0.686. The Morgan fingerprint density at radius 3 is 3.06 bits per heavy atom. The Kier molecular flexibility index (Phi) is 4.00. The van der Waals surface area contributed by atoms with Gasteiger partial charge in [-0.3, -0.25) is 9.69 Å². The predicted molar refractivity (Wildman–Crippen MR) is 67.7 cm³/mol. The summed E-state index contributed by atoms with van der Waals surface area (Å²) < 4.78 is 1.10. The zero-order valence-electron chi connectivity index (χ0n) is 8.86. The molecule has 1 unspecified atom stereocenters. The van der Waals surface area contributed by atoms with Crippen molar-refractivity contribution >= 4 is 33.2 Å². The first-order valence-corrected chi connectivity index (χ1v) is 7.04. The van der Waals surface area contributed by atoms with Gasteiger partial charge in [0.2, 0.25) is 0 Å². The maximum Gasteiger partial charge on any atom is 0.320 e. The van der Waals surface area contributed by atoms with Crippen LogP contribution >= 0.6 is 27.3 Å². The number of nitrogens with zero attached hydrogens (tertiary/aromatic N) is 1. The molecular formula is C11H14BrNO2S. The van der Waals surface area contributed by atoms with E-state index in [0.29, 0.717) is 0 Å². The van der Waals surface area contributed by atoms with Gasteiger partial charge in [-0.05, 0) is 52.3 Å². The highest BCUT2D eigenvalue weighted by Crippen LogP contribution is 2.25. The molecule has 16 heavy (non-hydrogen) atoms. The fourth-order valence-electron chi connectivity index (χ4n) is 2.12. The maximum atomic E-state index is 11.1. The molecule has 0 radical (unpaired) electrons. The highest BCUT2D eigenvalue weighted by atomic mass is 79.9. The first-order chi connectivity index (χ1) is 7.66. The Labute approximate surface area is 107 Å². The number of carbonyl (C=O) groups is 1. The van der Waals surface area contributed by atoms with Gasteiger partial charge in [-0.25, -0.2) is 0 Å². The number of carboxylic acids is 1. The molecule has 1 aliphatic rings. The van der Waals surface area contributed by atoms with Gasteiger partial charge >= 0.3 is 5.97 Å². The van der Waals surface area contributed by atoms with Gasteiger partial charge in [0.15, 0.2) is 0 Å². The summed E-state index contributed by atoms with van der Waals surface area (Å²) in [5.74, 6) is -0.686. The van der Waals surface area contributed by atoms with Crippen molar-refractivity contribution in [3.05, 3.63) is 20.8 Å². The summed E-state index contributed by atoms with van der Waals surface area (Å²) in [6.07, 6.45) is 2.91. The van der Waals surface area contributed by atoms with Gasteiger partial charge in [-0.15, -0.1) is 11.3 Å². The molecule has 5 heteroatoms. The van der Waals surface area contributed by atoms with Crippen LogP contribution in [0, 0.1) is 0 Å². The third-order valence-electron chi connectivity index (χ3n) is 2.91. The summed E-state index contributed by atoms with van der Waals surface area (Å²) >= 11 is 5.07. The van der Waals surface area contributed by atoms with E-state index in [0.717, 1.165) is 36.1 Å². The lowest BCUT2D eigenvalue weighted by Gasteiger charge is -2.32. The van der Waals surface area contributed by atoms with Crippen molar-refractivity contribution in [2.45, 2.75) is 31.8 Å². The summed E-state index contributed by atoms with van der Waals surface area (Å²) in [5.41, 5.74) is 1.20. The lowest BCUT2D eigenvalue weighted by Crippen LogP contribution is -2.43. The van der Waals surface area contributed by atoms with Crippen molar-refractivity contribution in [3.63, 3.8) is 0 Å². The average molecular weight is 304 g/mol. The third-order valence-corrected chi connectivity index (χ3v) is 4.46. The molecule has 0 aromatic carbocycles. The van der Waals surface area contributed by atoms with Crippen LogP contribution in [0.15, 0.2) is 15.2 Å². The highest BCUT2D eigenvalue weighted by Gasteiger charge is 2.28. The first kappa shape index (κ1) is 12.1. The van der Waals surface area contributed by atoms with Gasteiger partial charge in [0.05, 0.1) is 3.79 Å². The Morgan fingerprint density at radius 1 is 1.62 bits per heavy atom. The molecule has 1 aromatic heterocycles. The smallest absolute Gasteiger partial charge is 0.320 e. The second kappa shape index (κ2) is 5.29. The van der Waals surface area contributed by atoms with E-state index >= 15 is 0 Å². The molecular weight excluding hydrogens is 290 g/mol. The Bertz CT molecular complexity index is 380. The lowest BCUT2D eigenvalue weighted by molar-refractivity contribution is -0.144. The molecule has 0 amide bonds. The predicted octanol–water partition coefficient (Wildman–Crippen LogP) is 2.95. The summed E-state index contributed by atoms with van der Waals surface area (Å²) in [5, 5.41) is 11.2. The van der Waals surface area contributed by atoms with E-state index in [1.165, 1.54) is 5.56 Å². The monoisotopic (exact) mass is 303 g/mol. The largest absolute Gasteiger partial charge is 0.480 e. The normalized spacial score (nSPS) is 22.2. The Morgan fingerprint density at radius 2 is 2.44 bits per heavy atom. The third kappa shape index (κ3) is 2.84. The van der Waals surface area contributed by atoms with Gasteiger partial charge in [0, 0.05) is 6.54 Å². The van der Waals surface area contributed by atoms with Crippen LogP contribution in [0.1, 0.15) is 24.8 Å². The molecule has 88 valence electrons. The highest BCUT2D eigenvalue weighted by molar-refractivity contribution is 9.11. The summed E-state index contributed by atoms with van der Waals surface area (Å²) in [7, 11) is 0. The standard InChI is InChI=1S/C11H14BrNO2S/c12-10-5-8(7-16-10)6-13-4-2-1-3-9(13)11(14)15/h5,7,9H,1-4,6H2,(H,14,15). The number of piperidine rings is 1. The van der Waals surface area contributed by atoms with Crippen molar-refractivity contribution in [1.29, 1.82) is 0 Å². The topological polar surface area (TPSA) is 40.5 Å². The molecule has 3 nitrogen and oxygen atoms in total. The molecule has 0 saturated carbocycles. The average Bonchev–Trinajstić information content (AvgIpc) is 2.64. The molecule has 2 heterocycles. The van der Waals surface area contributed by atoms with Crippen molar-refractivity contribution in [2.75, 3.05) is 6.54 Å². The molecule has 0 bridgehead atoms. The molecule has 1 aromatic rings. The SMILES string of the molecule is O=C(O)C1CCCCN1Cc1csc(Br)c1. The number of halogens is 1. The van der Waals surface area contributed by atoms with Gasteiger partial charge in [0.25, 0.3) is 0 Å².